The standard InChI is InChI=1S/C17H13F2N3O4/c1-25-15-6-10-14(7-16(15)26-2)20-8-12(19)17(10)21-13-4-3-9(22(23)24)5-11(13)18/h3-8H,1-2H3,(H,20,21). The highest BCUT2D eigenvalue weighted by Crippen LogP contribution is 2.37. The van der Waals surface area contributed by atoms with Crippen LogP contribution in [0.5, 0.6) is 11.5 Å². The zero-order valence-electron chi connectivity index (χ0n) is 13.7. The number of anilines is 2. The normalized spacial score (nSPS) is 10.6. The predicted molar refractivity (Wildman–Crippen MR) is 91.1 cm³/mol. The molecule has 9 heteroatoms. The van der Waals surface area contributed by atoms with Crippen LogP contribution >= 0.6 is 0 Å². The molecule has 134 valence electrons. The van der Waals surface area contributed by atoms with Crippen LogP contribution in [0.25, 0.3) is 10.9 Å². The lowest BCUT2D eigenvalue weighted by atomic mass is 10.1. The van der Waals surface area contributed by atoms with Gasteiger partial charge in [-0.15, -0.1) is 0 Å². The van der Waals surface area contributed by atoms with Crippen molar-refractivity contribution in [3.8, 4) is 11.5 Å². The summed E-state index contributed by atoms with van der Waals surface area (Å²) in [7, 11) is 2.89. The van der Waals surface area contributed by atoms with Crippen molar-refractivity contribution in [2.45, 2.75) is 0 Å². The molecule has 1 heterocycles. The Kier molecular flexibility index (Phi) is 4.53. The fraction of sp³-hybridized carbons (Fsp3) is 0.118. The molecule has 7 nitrogen and oxygen atoms in total. The van der Waals surface area contributed by atoms with E-state index in [4.69, 9.17) is 9.47 Å². The molecule has 0 aliphatic heterocycles. The Hall–Kier alpha value is -3.49. The van der Waals surface area contributed by atoms with E-state index >= 15 is 0 Å². The molecule has 0 spiro atoms. The number of fused-ring (bicyclic) bond motifs is 1. The largest absolute Gasteiger partial charge is 0.493 e. The first-order chi connectivity index (χ1) is 12.4. The van der Waals surface area contributed by atoms with Gasteiger partial charge in [-0.1, -0.05) is 0 Å². The molecule has 3 aromatic rings. The van der Waals surface area contributed by atoms with Gasteiger partial charge in [-0.3, -0.25) is 15.1 Å². The average Bonchev–Trinajstić information content (AvgIpc) is 2.64. The summed E-state index contributed by atoms with van der Waals surface area (Å²) in [6.07, 6.45) is 0.986. The Morgan fingerprint density at radius 1 is 1.08 bits per heavy atom. The first-order valence-electron chi connectivity index (χ1n) is 7.35. The van der Waals surface area contributed by atoms with Gasteiger partial charge in [-0.2, -0.15) is 0 Å². The smallest absolute Gasteiger partial charge is 0.272 e. The van der Waals surface area contributed by atoms with E-state index in [0.717, 1.165) is 18.3 Å². The molecule has 0 saturated heterocycles. The van der Waals surface area contributed by atoms with Crippen LogP contribution < -0.4 is 14.8 Å². The molecule has 0 fully saturated rings. The lowest BCUT2D eigenvalue weighted by Crippen LogP contribution is -2.00. The molecule has 2 aromatic carbocycles. The van der Waals surface area contributed by atoms with Gasteiger partial charge in [0.05, 0.1) is 48.3 Å². The van der Waals surface area contributed by atoms with Gasteiger partial charge in [0.1, 0.15) is 0 Å². The number of hydrogen-bond acceptors (Lipinski definition) is 6. The Morgan fingerprint density at radius 3 is 2.38 bits per heavy atom. The maximum Gasteiger partial charge on any atom is 0.272 e. The fourth-order valence-corrected chi connectivity index (χ4v) is 2.48. The van der Waals surface area contributed by atoms with E-state index in [1.54, 1.807) is 6.07 Å². The van der Waals surface area contributed by atoms with Crippen molar-refractivity contribution in [3.63, 3.8) is 0 Å². The molecule has 0 aliphatic carbocycles. The highest BCUT2D eigenvalue weighted by atomic mass is 19.1. The minimum Gasteiger partial charge on any atom is -0.493 e. The summed E-state index contributed by atoms with van der Waals surface area (Å²) in [5.41, 5.74) is -0.158. The van der Waals surface area contributed by atoms with Crippen molar-refractivity contribution < 1.29 is 23.2 Å². The number of nitrogens with one attached hydrogen (secondary N) is 1. The highest BCUT2D eigenvalue weighted by molar-refractivity contribution is 5.95. The number of methoxy groups -OCH3 is 2. The number of hydrogen-bond donors (Lipinski definition) is 1. The molecule has 0 amide bonds. The molecule has 26 heavy (non-hydrogen) atoms. The summed E-state index contributed by atoms with van der Waals surface area (Å²) < 4.78 is 38.9. The molecular formula is C17H13F2N3O4. The third kappa shape index (κ3) is 3.06. The Balaban J connectivity index is 2.12. The van der Waals surface area contributed by atoms with Gasteiger partial charge in [0.2, 0.25) is 0 Å². The zero-order valence-corrected chi connectivity index (χ0v) is 13.7. The summed E-state index contributed by atoms with van der Waals surface area (Å²) in [5.74, 6) is -0.849. The van der Waals surface area contributed by atoms with Crippen LogP contribution in [0.1, 0.15) is 0 Å². The van der Waals surface area contributed by atoms with Crippen molar-refractivity contribution in [1.29, 1.82) is 0 Å². The Morgan fingerprint density at radius 2 is 1.77 bits per heavy atom. The molecule has 0 atom stereocenters. The summed E-state index contributed by atoms with van der Waals surface area (Å²) in [6.45, 7) is 0. The average molecular weight is 361 g/mol. The van der Waals surface area contributed by atoms with Gasteiger partial charge in [0, 0.05) is 17.5 Å². The highest BCUT2D eigenvalue weighted by Gasteiger charge is 2.16. The van der Waals surface area contributed by atoms with E-state index in [0.29, 0.717) is 22.4 Å². The Labute approximate surface area is 146 Å². The second-order valence-electron chi connectivity index (χ2n) is 5.25. The molecule has 0 unspecified atom stereocenters. The monoisotopic (exact) mass is 361 g/mol. The molecule has 1 aromatic heterocycles. The maximum absolute atomic E-state index is 14.3. The van der Waals surface area contributed by atoms with Crippen LogP contribution in [0.2, 0.25) is 0 Å². The van der Waals surface area contributed by atoms with E-state index < -0.39 is 22.2 Å². The maximum atomic E-state index is 14.3. The van der Waals surface area contributed by atoms with Crippen LogP contribution in [0.15, 0.2) is 36.5 Å². The number of benzene rings is 2. The van der Waals surface area contributed by atoms with E-state index in [1.165, 1.54) is 26.4 Å². The molecule has 0 aliphatic rings. The van der Waals surface area contributed by atoms with Crippen molar-refractivity contribution in [2.75, 3.05) is 19.5 Å². The number of nitrogens with zero attached hydrogens (tertiary/aromatic N) is 2. The fourth-order valence-electron chi connectivity index (χ4n) is 2.48. The molecular weight excluding hydrogens is 348 g/mol. The van der Waals surface area contributed by atoms with Crippen molar-refractivity contribution >= 4 is 28.0 Å². The third-order valence-corrected chi connectivity index (χ3v) is 3.75. The number of non-ortho nitro benzene ring substituents is 1. The van der Waals surface area contributed by atoms with E-state index in [9.17, 15) is 18.9 Å². The van der Waals surface area contributed by atoms with Gasteiger partial charge in [0.25, 0.3) is 5.69 Å². The number of pyridine rings is 1. The third-order valence-electron chi connectivity index (χ3n) is 3.75. The lowest BCUT2D eigenvalue weighted by molar-refractivity contribution is -0.385. The first-order valence-corrected chi connectivity index (χ1v) is 7.35. The van der Waals surface area contributed by atoms with Gasteiger partial charge in [-0.25, -0.2) is 8.78 Å². The number of aromatic nitrogens is 1. The second kappa shape index (κ2) is 6.79. The van der Waals surface area contributed by atoms with Crippen molar-refractivity contribution in [3.05, 3.63) is 58.3 Å². The Bertz CT molecular complexity index is 1010. The van der Waals surface area contributed by atoms with Crippen molar-refractivity contribution in [2.24, 2.45) is 0 Å². The number of rotatable bonds is 5. The van der Waals surface area contributed by atoms with Gasteiger partial charge < -0.3 is 14.8 Å². The van der Waals surface area contributed by atoms with Crippen LogP contribution in [0.4, 0.5) is 25.8 Å². The lowest BCUT2D eigenvalue weighted by Gasteiger charge is -2.14. The summed E-state index contributed by atoms with van der Waals surface area (Å²) in [5, 5.41) is 13.7. The summed E-state index contributed by atoms with van der Waals surface area (Å²) >= 11 is 0. The topological polar surface area (TPSA) is 86.5 Å². The van der Waals surface area contributed by atoms with E-state index in [2.05, 4.69) is 10.3 Å². The van der Waals surface area contributed by atoms with Crippen molar-refractivity contribution in [1.82, 2.24) is 4.98 Å². The molecule has 0 saturated carbocycles. The minimum absolute atomic E-state index is 0.0382. The molecule has 0 bridgehead atoms. The summed E-state index contributed by atoms with van der Waals surface area (Å²) in [4.78, 5) is 14.0. The summed E-state index contributed by atoms with van der Waals surface area (Å²) in [6, 6.07) is 6.12. The van der Waals surface area contributed by atoms with Crippen LogP contribution in [-0.2, 0) is 0 Å². The van der Waals surface area contributed by atoms with Gasteiger partial charge >= 0.3 is 0 Å². The predicted octanol–water partition coefficient (Wildman–Crippen LogP) is 4.18. The molecule has 3 rings (SSSR count). The second-order valence-corrected chi connectivity index (χ2v) is 5.25. The van der Waals surface area contributed by atoms with Crippen LogP contribution in [0.3, 0.4) is 0 Å². The number of nitro groups is 1. The number of halogens is 2. The minimum atomic E-state index is -0.885. The van der Waals surface area contributed by atoms with Crippen LogP contribution in [-0.4, -0.2) is 24.1 Å². The quantitative estimate of drug-likeness (QED) is 0.542. The SMILES string of the molecule is COc1cc2ncc(F)c(Nc3ccc([N+](=O)[O-])cc3F)c2cc1OC. The van der Waals surface area contributed by atoms with E-state index in [1.807, 2.05) is 0 Å². The number of ether oxygens (including phenoxy) is 2. The first kappa shape index (κ1) is 17.3. The van der Waals surface area contributed by atoms with Gasteiger partial charge in [0.15, 0.2) is 23.1 Å². The van der Waals surface area contributed by atoms with E-state index in [-0.39, 0.29) is 11.4 Å². The molecule has 0 radical (unpaired) electrons. The van der Waals surface area contributed by atoms with Crippen LogP contribution in [0, 0.1) is 21.7 Å². The zero-order chi connectivity index (χ0) is 18.8. The molecule has 1 N–H and O–H groups in total. The number of nitro benzene ring substituents is 1. The van der Waals surface area contributed by atoms with Gasteiger partial charge in [-0.05, 0) is 12.1 Å².